The van der Waals surface area contributed by atoms with Crippen LogP contribution in [0.25, 0.3) is 16.3 Å². The molecule has 0 aromatic heterocycles. The van der Waals surface area contributed by atoms with Gasteiger partial charge in [-0.15, -0.1) is 0 Å². The molecular weight excluding hydrogens is 264 g/mol. The van der Waals surface area contributed by atoms with Crippen molar-refractivity contribution in [3.05, 3.63) is 53.1 Å². The van der Waals surface area contributed by atoms with E-state index in [1.165, 1.54) is 45.9 Å². The van der Waals surface area contributed by atoms with Gasteiger partial charge in [0.25, 0.3) is 0 Å². The Morgan fingerprint density at radius 1 is 1.14 bits per heavy atom. The van der Waals surface area contributed by atoms with Gasteiger partial charge in [-0.1, -0.05) is 64.5 Å². The molecule has 0 aliphatic heterocycles. The van der Waals surface area contributed by atoms with Gasteiger partial charge in [0.05, 0.1) is 0 Å². The number of fused-ring (bicyclic) bond motifs is 1. The molecule has 0 heteroatoms. The van der Waals surface area contributed by atoms with Gasteiger partial charge in [-0.3, -0.25) is 0 Å². The monoisotopic (exact) mass is 294 g/mol. The quantitative estimate of drug-likeness (QED) is 0.554. The van der Waals surface area contributed by atoms with Gasteiger partial charge in [0.15, 0.2) is 0 Å². The summed E-state index contributed by atoms with van der Waals surface area (Å²) < 4.78 is 0. The van der Waals surface area contributed by atoms with Crippen LogP contribution in [0.4, 0.5) is 0 Å². The maximum absolute atomic E-state index is 2.39. The lowest BCUT2D eigenvalue weighted by molar-refractivity contribution is 0.477. The van der Waals surface area contributed by atoms with E-state index in [9.17, 15) is 0 Å². The van der Waals surface area contributed by atoms with Crippen molar-refractivity contribution in [1.29, 1.82) is 0 Å². The Balaban J connectivity index is 2.65. The summed E-state index contributed by atoms with van der Waals surface area (Å²) in [6.07, 6.45) is 5.85. The minimum atomic E-state index is 0.233. The number of aryl methyl sites for hydroxylation is 1. The number of benzene rings is 2. The summed E-state index contributed by atoms with van der Waals surface area (Å²) >= 11 is 0. The van der Waals surface area contributed by atoms with Crippen molar-refractivity contribution in [2.75, 3.05) is 0 Å². The van der Waals surface area contributed by atoms with E-state index in [4.69, 9.17) is 0 Å². The van der Waals surface area contributed by atoms with Gasteiger partial charge < -0.3 is 0 Å². The van der Waals surface area contributed by atoms with Crippen LogP contribution >= 0.6 is 0 Å². The minimum Gasteiger partial charge on any atom is -0.0813 e. The molecule has 0 unspecified atom stereocenters. The average Bonchev–Trinajstić information content (AvgIpc) is 2.46. The SMILES string of the molecule is CC/C=C(/C)c1cc2cccc(C(C)(C)CCC)c2cc1C. The zero-order valence-corrected chi connectivity index (χ0v) is 15.1. The van der Waals surface area contributed by atoms with Crippen molar-refractivity contribution in [3.63, 3.8) is 0 Å². The summed E-state index contributed by atoms with van der Waals surface area (Å²) in [5.41, 5.74) is 5.88. The highest BCUT2D eigenvalue weighted by atomic mass is 14.3. The van der Waals surface area contributed by atoms with Crippen molar-refractivity contribution < 1.29 is 0 Å². The van der Waals surface area contributed by atoms with Crippen LogP contribution in [0.5, 0.6) is 0 Å². The molecule has 2 aromatic rings. The van der Waals surface area contributed by atoms with Gasteiger partial charge in [0, 0.05) is 0 Å². The fraction of sp³-hybridized carbons (Fsp3) is 0.455. The van der Waals surface area contributed by atoms with Gasteiger partial charge in [-0.25, -0.2) is 0 Å². The van der Waals surface area contributed by atoms with Crippen LogP contribution in [0.15, 0.2) is 36.4 Å². The summed E-state index contributed by atoms with van der Waals surface area (Å²) in [7, 11) is 0. The zero-order chi connectivity index (χ0) is 16.3. The minimum absolute atomic E-state index is 0.233. The Hall–Kier alpha value is -1.56. The van der Waals surface area contributed by atoms with Gasteiger partial charge >= 0.3 is 0 Å². The van der Waals surface area contributed by atoms with E-state index in [2.05, 4.69) is 78.0 Å². The van der Waals surface area contributed by atoms with Crippen LogP contribution in [-0.2, 0) is 5.41 Å². The Morgan fingerprint density at radius 2 is 1.86 bits per heavy atom. The molecule has 2 aromatic carbocycles. The van der Waals surface area contributed by atoms with E-state index in [0.29, 0.717) is 0 Å². The third kappa shape index (κ3) is 3.27. The molecule has 0 heterocycles. The standard InChI is InChI=1S/C22H30/c1-7-10-16(3)19-15-18-11-9-12-21(20(18)14-17(19)4)22(5,6)13-8-2/h9-12,14-15H,7-8,13H2,1-6H3/b16-10-. The summed E-state index contributed by atoms with van der Waals surface area (Å²) in [5, 5.41) is 2.79. The Kier molecular flexibility index (Phi) is 5.11. The van der Waals surface area contributed by atoms with Crippen LogP contribution in [0.3, 0.4) is 0 Å². The van der Waals surface area contributed by atoms with Gasteiger partial charge in [0.2, 0.25) is 0 Å². The number of hydrogen-bond acceptors (Lipinski definition) is 0. The molecule has 0 amide bonds. The number of allylic oxidation sites excluding steroid dienone is 2. The molecule has 2 rings (SSSR count). The van der Waals surface area contributed by atoms with Crippen molar-refractivity contribution in [2.45, 2.75) is 66.2 Å². The Bertz CT molecular complexity index is 686. The topological polar surface area (TPSA) is 0 Å². The van der Waals surface area contributed by atoms with Crippen molar-refractivity contribution in [2.24, 2.45) is 0 Å². The van der Waals surface area contributed by atoms with Crippen molar-refractivity contribution in [1.82, 2.24) is 0 Å². The second-order valence-electron chi connectivity index (χ2n) is 7.12. The van der Waals surface area contributed by atoms with E-state index < -0.39 is 0 Å². The molecule has 0 N–H and O–H groups in total. The second kappa shape index (κ2) is 6.69. The lowest BCUT2D eigenvalue weighted by Crippen LogP contribution is -2.17. The number of rotatable bonds is 5. The molecule has 0 fully saturated rings. The average molecular weight is 294 g/mol. The molecular formula is C22H30. The van der Waals surface area contributed by atoms with Crippen LogP contribution < -0.4 is 0 Å². The highest BCUT2D eigenvalue weighted by Gasteiger charge is 2.22. The first-order chi connectivity index (χ1) is 10.4. The Morgan fingerprint density at radius 3 is 2.50 bits per heavy atom. The smallest absolute Gasteiger partial charge is 0.00975 e. The fourth-order valence-electron chi connectivity index (χ4n) is 3.62. The third-order valence-electron chi connectivity index (χ3n) is 4.76. The zero-order valence-electron chi connectivity index (χ0n) is 15.1. The van der Waals surface area contributed by atoms with Gasteiger partial charge in [-0.2, -0.15) is 0 Å². The van der Waals surface area contributed by atoms with E-state index in [1.807, 2.05) is 0 Å². The van der Waals surface area contributed by atoms with Crippen molar-refractivity contribution in [3.8, 4) is 0 Å². The molecule has 0 spiro atoms. The molecule has 0 saturated carbocycles. The maximum Gasteiger partial charge on any atom is -0.00975 e. The van der Waals surface area contributed by atoms with E-state index >= 15 is 0 Å². The lowest BCUT2D eigenvalue weighted by atomic mass is 9.78. The molecule has 22 heavy (non-hydrogen) atoms. The largest absolute Gasteiger partial charge is 0.0813 e. The first kappa shape index (κ1) is 16.8. The van der Waals surface area contributed by atoms with E-state index in [-0.39, 0.29) is 5.41 Å². The van der Waals surface area contributed by atoms with E-state index in [1.54, 1.807) is 0 Å². The second-order valence-corrected chi connectivity index (χ2v) is 7.12. The molecule has 0 radical (unpaired) electrons. The molecule has 0 aliphatic carbocycles. The summed E-state index contributed by atoms with van der Waals surface area (Å²) in [6, 6.07) is 11.5. The summed E-state index contributed by atoms with van der Waals surface area (Å²) in [6.45, 7) is 13.7. The molecule has 0 aliphatic rings. The maximum atomic E-state index is 2.39. The van der Waals surface area contributed by atoms with Crippen LogP contribution in [-0.4, -0.2) is 0 Å². The first-order valence-corrected chi connectivity index (χ1v) is 8.61. The fourth-order valence-corrected chi connectivity index (χ4v) is 3.62. The van der Waals surface area contributed by atoms with Crippen molar-refractivity contribution >= 4 is 16.3 Å². The predicted molar refractivity (Wildman–Crippen MR) is 101 cm³/mol. The highest BCUT2D eigenvalue weighted by Crippen LogP contribution is 2.36. The highest BCUT2D eigenvalue weighted by molar-refractivity contribution is 5.90. The molecule has 118 valence electrons. The molecule has 0 atom stereocenters. The summed E-state index contributed by atoms with van der Waals surface area (Å²) in [4.78, 5) is 0. The molecule has 0 nitrogen and oxygen atoms in total. The Labute approximate surface area is 136 Å². The number of hydrogen-bond donors (Lipinski definition) is 0. The van der Waals surface area contributed by atoms with E-state index in [0.717, 1.165) is 6.42 Å². The molecule has 0 saturated heterocycles. The van der Waals surface area contributed by atoms with Crippen LogP contribution in [0.1, 0.15) is 70.6 Å². The summed E-state index contributed by atoms with van der Waals surface area (Å²) in [5.74, 6) is 0. The van der Waals surface area contributed by atoms with Crippen LogP contribution in [0.2, 0.25) is 0 Å². The lowest BCUT2D eigenvalue weighted by Gasteiger charge is -2.27. The normalized spacial score (nSPS) is 12.9. The molecule has 0 bridgehead atoms. The van der Waals surface area contributed by atoms with Crippen LogP contribution in [0, 0.1) is 6.92 Å². The van der Waals surface area contributed by atoms with Gasteiger partial charge in [-0.05, 0) is 71.2 Å². The first-order valence-electron chi connectivity index (χ1n) is 8.61. The predicted octanol–water partition coefficient (Wildman–Crippen LogP) is 7.04. The third-order valence-corrected chi connectivity index (χ3v) is 4.76. The van der Waals surface area contributed by atoms with Gasteiger partial charge in [0.1, 0.15) is 0 Å².